The third-order valence-electron chi connectivity index (χ3n) is 3.09. The van der Waals surface area contributed by atoms with Gasteiger partial charge in [-0.3, -0.25) is 0 Å². The van der Waals surface area contributed by atoms with E-state index in [2.05, 4.69) is 10.6 Å². The van der Waals surface area contributed by atoms with E-state index < -0.39 is 0 Å². The number of ether oxygens (including phenoxy) is 2. The molecule has 1 rings (SSSR count). The fourth-order valence-electron chi connectivity index (χ4n) is 2.04. The molecular weight excluding hydrogens is 320 g/mol. The Kier molecular flexibility index (Phi) is 8.76. The second kappa shape index (κ2) is 10.3. The molecule has 0 bridgehead atoms. The molecule has 0 aliphatic heterocycles. The average molecular weight is 345 g/mol. The summed E-state index contributed by atoms with van der Waals surface area (Å²) < 4.78 is 10.3. The molecule has 0 aliphatic carbocycles. The van der Waals surface area contributed by atoms with Crippen LogP contribution < -0.4 is 15.4 Å². The number of carbonyl (C=O) groups is 1. The quantitative estimate of drug-likeness (QED) is 0.602. The Morgan fingerprint density at radius 3 is 2.70 bits per heavy atom. The van der Waals surface area contributed by atoms with E-state index >= 15 is 0 Å². The summed E-state index contributed by atoms with van der Waals surface area (Å²) in [6.07, 6.45) is 0.263. The van der Waals surface area contributed by atoms with Crippen molar-refractivity contribution in [2.24, 2.45) is 5.92 Å². The molecule has 0 radical (unpaired) electrons. The number of rotatable bonds is 9. The maximum absolute atomic E-state index is 11.8. The minimum Gasteiger partial charge on any atom is -0.490 e. The second-order valence-electron chi connectivity index (χ2n) is 5.51. The van der Waals surface area contributed by atoms with E-state index in [1.165, 1.54) is 0 Å². The number of urea groups is 1. The van der Waals surface area contributed by atoms with Gasteiger partial charge in [-0.25, -0.2) is 4.79 Å². The third-order valence-corrected chi connectivity index (χ3v) is 3.38. The first kappa shape index (κ1) is 19.5. The van der Waals surface area contributed by atoms with Gasteiger partial charge in [0, 0.05) is 19.3 Å². The van der Waals surface area contributed by atoms with Crippen molar-refractivity contribution in [2.75, 3.05) is 32.2 Å². The highest BCUT2D eigenvalue weighted by molar-refractivity contribution is 6.32. The number of aliphatic hydroxyl groups excluding tert-OH is 1. The maximum Gasteiger partial charge on any atom is 0.319 e. The number of carbonyl (C=O) groups excluding carboxylic acids is 1. The van der Waals surface area contributed by atoms with Crippen LogP contribution in [0.25, 0.3) is 0 Å². The van der Waals surface area contributed by atoms with Gasteiger partial charge in [0.1, 0.15) is 12.4 Å². The van der Waals surface area contributed by atoms with Crippen LogP contribution in [-0.2, 0) is 4.74 Å². The molecule has 0 aromatic heterocycles. The highest BCUT2D eigenvalue weighted by Gasteiger charge is 2.09. The lowest BCUT2D eigenvalue weighted by molar-refractivity contribution is 0.146. The van der Waals surface area contributed by atoms with Crippen LogP contribution in [0.15, 0.2) is 18.2 Å². The number of benzene rings is 1. The van der Waals surface area contributed by atoms with E-state index in [-0.39, 0.29) is 18.1 Å². The van der Waals surface area contributed by atoms with Gasteiger partial charge in [0.15, 0.2) is 0 Å². The molecule has 0 heterocycles. The van der Waals surface area contributed by atoms with Crippen LogP contribution in [0.5, 0.6) is 5.75 Å². The summed E-state index contributed by atoms with van der Waals surface area (Å²) in [4.78, 5) is 11.8. The van der Waals surface area contributed by atoms with Crippen LogP contribution in [-0.4, -0.2) is 44.1 Å². The minimum absolute atomic E-state index is 0.195. The van der Waals surface area contributed by atoms with Gasteiger partial charge >= 0.3 is 6.03 Å². The molecule has 7 heteroatoms. The molecule has 0 fully saturated rings. The van der Waals surface area contributed by atoms with Gasteiger partial charge in [0.05, 0.1) is 17.7 Å². The number of nitrogens with one attached hydrogen (secondary N) is 2. The molecule has 3 N–H and O–H groups in total. The lowest BCUT2D eigenvalue weighted by Gasteiger charge is -2.15. The van der Waals surface area contributed by atoms with Gasteiger partial charge in [-0.15, -0.1) is 0 Å². The molecule has 130 valence electrons. The van der Waals surface area contributed by atoms with Crippen molar-refractivity contribution in [3.63, 3.8) is 0 Å². The Labute approximate surface area is 142 Å². The summed E-state index contributed by atoms with van der Waals surface area (Å²) in [5, 5.41) is 15.2. The number of halogens is 1. The van der Waals surface area contributed by atoms with Crippen molar-refractivity contribution in [1.82, 2.24) is 5.32 Å². The van der Waals surface area contributed by atoms with Crippen LogP contribution in [0.3, 0.4) is 0 Å². The molecule has 2 unspecified atom stereocenters. The van der Waals surface area contributed by atoms with E-state index in [0.29, 0.717) is 42.6 Å². The number of hydrogen-bond donors (Lipinski definition) is 3. The largest absolute Gasteiger partial charge is 0.490 e. The Morgan fingerprint density at radius 2 is 2.09 bits per heavy atom. The number of methoxy groups -OCH3 is 1. The Balaban J connectivity index is 2.44. The normalized spacial score (nSPS) is 13.3. The van der Waals surface area contributed by atoms with Crippen LogP contribution in [0.1, 0.15) is 20.3 Å². The van der Waals surface area contributed by atoms with E-state index in [0.717, 1.165) is 0 Å². The molecule has 2 amide bonds. The van der Waals surface area contributed by atoms with Gasteiger partial charge in [0.2, 0.25) is 0 Å². The maximum atomic E-state index is 11.8. The van der Waals surface area contributed by atoms with Crippen LogP contribution >= 0.6 is 11.6 Å². The molecule has 1 aromatic rings. The van der Waals surface area contributed by atoms with E-state index in [1.54, 1.807) is 32.2 Å². The molecule has 0 saturated carbocycles. The summed E-state index contributed by atoms with van der Waals surface area (Å²) >= 11 is 6.11. The van der Waals surface area contributed by atoms with Gasteiger partial charge in [-0.2, -0.15) is 0 Å². The Morgan fingerprint density at radius 1 is 1.35 bits per heavy atom. The molecule has 2 atom stereocenters. The summed E-state index contributed by atoms with van der Waals surface area (Å²) in [5.41, 5.74) is 0.578. The first-order valence-electron chi connectivity index (χ1n) is 7.56. The molecule has 0 spiro atoms. The van der Waals surface area contributed by atoms with Crippen molar-refractivity contribution < 1.29 is 19.4 Å². The zero-order valence-electron chi connectivity index (χ0n) is 13.8. The zero-order valence-corrected chi connectivity index (χ0v) is 14.5. The Hall–Kier alpha value is -1.50. The second-order valence-corrected chi connectivity index (χ2v) is 5.92. The van der Waals surface area contributed by atoms with Crippen molar-refractivity contribution in [1.29, 1.82) is 0 Å². The fraction of sp³-hybridized carbons (Fsp3) is 0.562. The molecular formula is C16H25ClN2O4. The molecule has 0 aliphatic rings. The standard InChI is InChI=1S/C16H25ClN2O4/c1-11(8-12(2)20)10-18-16(21)19-13-4-5-15(14(17)9-13)23-7-6-22-3/h4-5,9,11-12,20H,6-8,10H2,1-3H3,(H2,18,19,21). The Bertz CT molecular complexity index is 497. The first-order chi connectivity index (χ1) is 10.9. The predicted molar refractivity (Wildman–Crippen MR) is 91.3 cm³/mol. The zero-order chi connectivity index (χ0) is 17.2. The highest BCUT2D eigenvalue weighted by Crippen LogP contribution is 2.27. The summed E-state index contributed by atoms with van der Waals surface area (Å²) in [6, 6.07) is 4.73. The third kappa shape index (κ3) is 8.06. The van der Waals surface area contributed by atoms with Crippen LogP contribution in [0.4, 0.5) is 10.5 Å². The number of hydrogen-bond acceptors (Lipinski definition) is 4. The lowest BCUT2D eigenvalue weighted by atomic mass is 10.1. The van der Waals surface area contributed by atoms with Crippen LogP contribution in [0.2, 0.25) is 5.02 Å². The summed E-state index contributed by atoms with van der Waals surface area (Å²) in [7, 11) is 1.60. The van der Waals surface area contributed by atoms with Gasteiger partial charge in [-0.05, 0) is 37.5 Å². The monoisotopic (exact) mass is 344 g/mol. The first-order valence-corrected chi connectivity index (χ1v) is 7.94. The topological polar surface area (TPSA) is 79.8 Å². The van der Waals surface area contributed by atoms with Crippen molar-refractivity contribution in [3.05, 3.63) is 23.2 Å². The van der Waals surface area contributed by atoms with Gasteiger partial charge in [-0.1, -0.05) is 18.5 Å². The summed E-state index contributed by atoms with van der Waals surface area (Å²) in [6.45, 7) is 5.07. The van der Waals surface area contributed by atoms with Crippen molar-refractivity contribution in [3.8, 4) is 5.75 Å². The highest BCUT2D eigenvalue weighted by atomic mass is 35.5. The fourth-order valence-corrected chi connectivity index (χ4v) is 2.27. The van der Waals surface area contributed by atoms with Crippen molar-refractivity contribution in [2.45, 2.75) is 26.4 Å². The average Bonchev–Trinajstić information content (AvgIpc) is 2.47. The van der Waals surface area contributed by atoms with E-state index in [1.807, 2.05) is 6.92 Å². The number of aliphatic hydroxyl groups is 1. The van der Waals surface area contributed by atoms with Gasteiger partial charge in [0.25, 0.3) is 0 Å². The van der Waals surface area contributed by atoms with Crippen LogP contribution in [0, 0.1) is 5.92 Å². The summed E-state index contributed by atoms with van der Waals surface area (Å²) in [5.74, 6) is 0.737. The lowest BCUT2D eigenvalue weighted by Crippen LogP contribution is -2.33. The molecule has 6 nitrogen and oxygen atoms in total. The predicted octanol–water partition coefficient (Wildman–Crippen LogP) is 2.89. The smallest absolute Gasteiger partial charge is 0.319 e. The van der Waals surface area contributed by atoms with E-state index in [4.69, 9.17) is 21.1 Å². The SMILES string of the molecule is COCCOc1ccc(NC(=O)NCC(C)CC(C)O)cc1Cl. The van der Waals surface area contributed by atoms with Gasteiger partial charge < -0.3 is 25.2 Å². The number of anilines is 1. The molecule has 0 saturated heterocycles. The molecule has 23 heavy (non-hydrogen) atoms. The number of amides is 2. The molecule has 1 aromatic carbocycles. The van der Waals surface area contributed by atoms with E-state index in [9.17, 15) is 9.90 Å². The van der Waals surface area contributed by atoms with Crippen molar-refractivity contribution >= 4 is 23.3 Å². The minimum atomic E-state index is -0.376.